The fourth-order valence-electron chi connectivity index (χ4n) is 1.71. The number of ether oxygens (including phenoxy) is 1. The topological polar surface area (TPSA) is 63.1 Å². The van der Waals surface area contributed by atoms with Crippen molar-refractivity contribution in [3.63, 3.8) is 0 Å². The van der Waals surface area contributed by atoms with Crippen molar-refractivity contribution in [2.75, 3.05) is 6.61 Å². The van der Waals surface area contributed by atoms with Crippen LogP contribution in [0.3, 0.4) is 0 Å². The summed E-state index contributed by atoms with van der Waals surface area (Å²) >= 11 is 0. The molecule has 0 atom stereocenters. The van der Waals surface area contributed by atoms with Gasteiger partial charge in [-0.3, -0.25) is 0 Å². The van der Waals surface area contributed by atoms with Crippen LogP contribution >= 0.6 is 0 Å². The second-order valence-corrected chi connectivity index (χ2v) is 3.90. The molecule has 0 spiro atoms. The molecule has 2 rings (SSSR count). The molecule has 92 valence electrons. The van der Waals surface area contributed by atoms with Crippen molar-refractivity contribution >= 4 is 11.0 Å². The van der Waals surface area contributed by atoms with Crippen LogP contribution < -0.4 is 14.2 Å². The normalized spacial score (nSPS) is 10.3. The first-order valence-electron chi connectivity index (χ1n) is 5.38. The molecule has 18 heavy (non-hydrogen) atoms. The number of fused-ring (bicyclic) bond motifs is 1. The molecule has 0 amide bonds. The zero-order valence-electron chi connectivity index (χ0n) is 10.1. The molecular weight excluding hydrogens is 232 g/mol. The standard InChI is InChI=1S/C13H12N2O3/c1-4-7-18-11-5-6-12-13(8-11)15(17)10(3)9(2)14(12)16/h1,5-6,8H,7H2,2-3H3. The van der Waals surface area contributed by atoms with E-state index < -0.39 is 0 Å². The van der Waals surface area contributed by atoms with Crippen LogP contribution in [0.2, 0.25) is 0 Å². The first-order valence-corrected chi connectivity index (χ1v) is 5.38. The Hall–Kier alpha value is -2.48. The van der Waals surface area contributed by atoms with Crippen LogP contribution in [0.5, 0.6) is 5.75 Å². The van der Waals surface area contributed by atoms with E-state index >= 15 is 0 Å². The number of rotatable bonds is 2. The smallest absolute Gasteiger partial charge is 0.294 e. The number of nitrogens with zero attached hydrogens (tertiary/aromatic N) is 2. The van der Waals surface area contributed by atoms with Crippen molar-refractivity contribution in [3.05, 3.63) is 40.0 Å². The third-order valence-electron chi connectivity index (χ3n) is 2.84. The molecule has 1 heterocycles. The molecule has 0 aliphatic carbocycles. The zero-order chi connectivity index (χ0) is 13.3. The molecule has 0 radical (unpaired) electrons. The van der Waals surface area contributed by atoms with Crippen LogP contribution in [0.15, 0.2) is 18.2 Å². The summed E-state index contributed by atoms with van der Waals surface area (Å²) in [5.74, 6) is 2.80. The zero-order valence-corrected chi connectivity index (χ0v) is 10.1. The monoisotopic (exact) mass is 244 g/mol. The molecule has 5 heteroatoms. The van der Waals surface area contributed by atoms with Crippen molar-refractivity contribution < 1.29 is 14.2 Å². The van der Waals surface area contributed by atoms with Gasteiger partial charge in [-0.15, -0.1) is 6.42 Å². The van der Waals surface area contributed by atoms with Gasteiger partial charge in [0, 0.05) is 19.9 Å². The second-order valence-electron chi connectivity index (χ2n) is 3.90. The van der Waals surface area contributed by atoms with Crippen LogP contribution in [0.4, 0.5) is 0 Å². The molecule has 0 aliphatic heterocycles. The van der Waals surface area contributed by atoms with E-state index in [9.17, 15) is 10.4 Å². The van der Waals surface area contributed by atoms with Gasteiger partial charge >= 0.3 is 0 Å². The number of hydrogen-bond acceptors (Lipinski definition) is 3. The molecule has 0 bridgehead atoms. The fraction of sp³-hybridized carbons (Fsp3) is 0.231. The van der Waals surface area contributed by atoms with Crippen molar-refractivity contribution in [2.24, 2.45) is 0 Å². The lowest BCUT2D eigenvalue weighted by Crippen LogP contribution is -2.43. The molecule has 0 unspecified atom stereocenters. The third-order valence-corrected chi connectivity index (χ3v) is 2.84. The summed E-state index contributed by atoms with van der Waals surface area (Å²) in [7, 11) is 0. The Morgan fingerprint density at radius 1 is 1.17 bits per heavy atom. The highest BCUT2D eigenvalue weighted by atomic mass is 16.5. The maximum atomic E-state index is 12.0. The van der Waals surface area contributed by atoms with E-state index in [0.717, 1.165) is 9.46 Å². The van der Waals surface area contributed by atoms with Gasteiger partial charge in [-0.1, -0.05) is 5.92 Å². The van der Waals surface area contributed by atoms with E-state index in [1.165, 1.54) is 6.07 Å². The van der Waals surface area contributed by atoms with E-state index in [-0.39, 0.29) is 12.1 Å². The average molecular weight is 244 g/mol. The summed E-state index contributed by atoms with van der Waals surface area (Å²) in [6.07, 6.45) is 5.09. The first kappa shape index (κ1) is 12.0. The van der Waals surface area contributed by atoms with Gasteiger partial charge in [0.1, 0.15) is 12.4 Å². The van der Waals surface area contributed by atoms with E-state index in [2.05, 4.69) is 5.92 Å². The lowest BCUT2D eigenvalue weighted by atomic mass is 10.2. The van der Waals surface area contributed by atoms with Crippen LogP contribution in [0.1, 0.15) is 11.4 Å². The quantitative estimate of drug-likeness (QED) is 0.444. The molecule has 2 aromatic rings. The highest BCUT2D eigenvalue weighted by molar-refractivity contribution is 5.70. The van der Waals surface area contributed by atoms with Gasteiger partial charge in [0.05, 0.1) is 6.07 Å². The van der Waals surface area contributed by atoms with E-state index in [1.54, 1.807) is 26.0 Å². The third kappa shape index (κ3) is 1.78. The lowest BCUT2D eigenvalue weighted by Gasteiger charge is -2.09. The average Bonchev–Trinajstić information content (AvgIpc) is 2.40. The van der Waals surface area contributed by atoms with Gasteiger partial charge in [0.2, 0.25) is 0 Å². The lowest BCUT2D eigenvalue weighted by molar-refractivity contribution is -0.638. The minimum atomic E-state index is 0.118. The first-order chi connectivity index (χ1) is 8.56. The summed E-state index contributed by atoms with van der Waals surface area (Å²) in [6, 6.07) is 4.68. The van der Waals surface area contributed by atoms with Crippen molar-refractivity contribution in [1.29, 1.82) is 0 Å². The highest BCUT2D eigenvalue weighted by Crippen LogP contribution is 2.17. The van der Waals surface area contributed by atoms with E-state index in [4.69, 9.17) is 11.2 Å². The maximum absolute atomic E-state index is 12.0. The van der Waals surface area contributed by atoms with Gasteiger partial charge in [-0.25, -0.2) is 0 Å². The maximum Gasteiger partial charge on any atom is 0.294 e. The SMILES string of the molecule is C#CCOc1ccc2c(c1)[n+]([O-])c(C)c(C)[n+]2[O-]. The molecule has 0 saturated heterocycles. The molecular formula is C13H12N2O3. The summed E-state index contributed by atoms with van der Waals surface area (Å²) in [4.78, 5) is 0. The van der Waals surface area contributed by atoms with Gasteiger partial charge in [-0.2, -0.15) is 9.46 Å². The predicted molar refractivity (Wildman–Crippen MR) is 65.7 cm³/mol. The van der Waals surface area contributed by atoms with Crippen LogP contribution in [-0.4, -0.2) is 6.61 Å². The Balaban J connectivity index is 2.67. The fourth-order valence-corrected chi connectivity index (χ4v) is 1.71. The molecule has 0 N–H and O–H groups in total. The minimum Gasteiger partial charge on any atom is -0.618 e. The summed E-state index contributed by atoms with van der Waals surface area (Å²) in [6.45, 7) is 3.33. The van der Waals surface area contributed by atoms with Gasteiger partial charge in [0.15, 0.2) is 0 Å². The second kappa shape index (κ2) is 4.41. The Morgan fingerprint density at radius 2 is 1.78 bits per heavy atom. The van der Waals surface area contributed by atoms with Gasteiger partial charge in [0.25, 0.3) is 22.4 Å². The molecule has 1 aromatic heterocycles. The highest BCUT2D eigenvalue weighted by Gasteiger charge is 2.21. The largest absolute Gasteiger partial charge is 0.618 e. The molecule has 1 aromatic carbocycles. The number of benzene rings is 1. The number of aromatic nitrogens is 2. The van der Waals surface area contributed by atoms with Crippen molar-refractivity contribution in [1.82, 2.24) is 0 Å². The van der Waals surface area contributed by atoms with E-state index in [1.807, 2.05) is 0 Å². The number of terminal acetylenes is 1. The Bertz CT molecular complexity index is 660. The van der Waals surface area contributed by atoms with Gasteiger partial charge < -0.3 is 15.2 Å². The van der Waals surface area contributed by atoms with Gasteiger partial charge in [-0.05, 0) is 6.07 Å². The van der Waals surface area contributed by atoms with Crippen LogP contribution in [-0.2, 0) is 0 Å². The molecule has 0 aliphatic rings. The van der Waals surface area contributed by atoms with Crippen molar-refractivity contribution in [2.45, 2.75) is 13.8 Å². The van der Waals surface area contributed by atoms with E-state index in [0.29, 0.717) is 22.7 Å². The van der Waals surface area contributed by atoms with Crippen molar-refractivity contribution in [3.8, 4) is 18.1 Å². The summed E-state index contributed by atoms with van der Waals surface area (Å²) in [5.41, 5.74) is 1.32. The Morgan fingerprint density at radius 3 is 2.39 bits per heavy atom. The molecule has 0 saturated carbocycles. The summed E-state index contributed by atoms with van der Waals surface area (Å²) < 4.78 is 6.69. The predicted octanol–water partition coefficient (Wildman–Crippen LogP) is 0.735. The Labute approximate surface area is 104 Å². The molecule has 0 fully saturated rings. The Kier molecular flexibility index (Phi) is 2.94. The number of hydrogen-bond donors (Lipinski definition) is 0. The minimum absolute atomic E-state index is 0.118. The van der Waals surface area contributed by atoms with Crippen LogP contribution in [0.25, 0.3) is 11.0 Å². The molecule has 5 nitrogen and oxygen atoms in total. The van der Waals surface area contributed by atoms with Crippen LogP contribution in [0, 0.1) is 36.6 Å². The summed E-state index contributed by atoms with van der Waals surface area (Å²) in [5, 5.41) is 23.9.